The number of carboxylic acid groups (broad SMARTS) is 1. The Morgan fingerprint density at radius 3 is 2.44 bits per heavy atom. The second kappa shape index (κ2) is 8.85. The molecule has 4 rings (SSSR count). The van der Waals surface area contributed by atoms with E-state index in [4.69, 9.17) is 32.7 Å². The van der Waals surface area contributed by atoms with Crippen LogP contribution >= 0.6 is 23.2 Å². The smallest absolute Gasteiger partial charge is 0.335 e. The lowest BCUT2D eigenvalue weighted by Crippen LogP contribution is -2.39. The summed E-state index contributed by atoms with van der Waals surface area (Å²) in [5, 5.41) is 10.5. The Labute approximate surface area is 207 Å². The number of carboxylic acids is 1. The number of carbonyl (C=O) groups is 2. The highest BCUT2D eigenvalue weighted by Gasteiger charge is 2.50. The van der Waals surface area contributed by atoms with Crippen LogP contribution in [0, 0.1) is 6.92 Å². The van der Waals surface area contributed by atoms with Gasteiger partial charge in [-0.3, -0.25) is 4.79 Å². The van der Waals surface area contributed by atoms with Gasteiger partial charge >= 0.3 is 5.97 Å². The minimum absolute atomic E-state index is 0.0901. The van der Waals surface area contributed by atoms with Crippen molar-refractivity contribution in [3.8, 4) is 11.5 Å². The molecule has 0 bridgehead atoms. The van der Waals surface area contributed by atoms with Gasteiger partial charge < -0.3 is 19.5 Å². The lowest BCUT2D eigenvalue weighted by atomic mass is 9.74. The van der Waals surface area contributed by atoms with Crippen molar-refractivity contribution in [1.29, 1.82) is 0 Å². The summed E-state index contributed by atoms with van der Waals surface area (Å²) >= 11 is 13.0. The molecule has 0 saturated carbocycles. The van der Waals surface area contributed by atoms with E-state index in [9.17, 15) is 14.7 Å². The minimum atomic E-state index is -1.24. The van der Waals surface area contributed by atoms with Crippen molar-refractivity contribution in [2.24, 2.45) is 0 Å². The fourth-order valence-electron chi connectivity index (χ4n) is 4.71. The van der Waals surface area contributed by atoms with Crippen molar-refractivity contribution < 1.29 is 24.2 Å². The fourth-order valence-corrected chi connectivity index (χ4v) is 5.28. The number of anilines is 1. The molecule has 1 N–H and O–H groups in total. The molecule has 6 nitrogen and oxygen atoms in total. The van der Waals surface area contributed by atoms with Crippen LogP contribution < -0.4 is 14.4 Å². The van der Waals surface area contributed by atoms with Crippen molar-refractivity contribution in [2.75, 3.05) is 19.1 Å². The van der Waals surface area contributed by atoms with Gasteiger partial charge in [0.25, 0.3) is 0 Å². The van der Waals surface area contributed by atoms with Crippen LogP contribution in [0.3, 0.4) is 0 Å². The molecule has 1 aliphatic rings. The van der Waals surface area contributed by atoms with Crippen molar-refractivity contribution in [3.05, 3.63) is 86.4 Å². The van der Waals surface area contributed by atoms with Gasteiger partial charge in [-0.25, -0.2) is 4.79 Å². The number of benzene rings is 3. The maximum atomic E-state index is 14.1. The van der Waals surface area contributed by atoms with Crippen molar-refractivity contribution in [3.63, 3.8) is 0 Å². The number of methoxy groups -OCH3 is 2. The fraction of sp³-hybridized carbons (Fsp3) is 0.231. The molecule has 8 heteroatoms. The van der Waals surface area contributed by atoms with Crippen LogP contribution in [0.15, 0.2) is 48.5 Å². The highest BCUT2D eigenvalue weighted by Crippen LogP contribution is 2.50. The molecule has 0 fully saturated rings. The molecule has 0 unspecified atom stereocenters. The van der Waals surface area contributed by atoms with Gasteiger partial charge in [0.1, 0.15) is 16.9 Å². The lowest BCUT2D eigenvalue weighted by molar-refractivity contribution is -0.121. The van der Waals surface area contributed by atoms with E-state index in [1.165, 1.54) is 12.1 Å². The number of nitrogens with zero attached hydrogens (tertiary/aromatic N) is 1. The summed E-state index contributed by atoms with van der Waals surface area (Å²) in [4.78, 5) is 27.6. The van der Waals surface area contributed by atoms with Gasteiger partial charge in [-0.2, -0.15) is 0 Å². The molecule has 176 valence electrons. The standard InChI is InChI=1S/C26H23Cl2NO5/c1-14-18(24(30)31)8-9-20(28)23(14)26(2)19-11-16(27)6-10-21(19)29(25(26)32)13-15-5-7-17(33-3)12-22(15)34-4/h5-12H,13H2,1-4H3,(H,30,31)/t26-/m1/s1. The second-order valence-electron chi connectivity index (χ2n) is 8.26. The van der Waals surface area contributed by atoms with Gasteiger partial charge in [0, 0.05) is 27.4 Å². The molecule has 1 aliphatic heterocycles. The molecule has 34 heavy (non-hydrogen) atoms. The molecule has 1 atom stereocenters. The summed E-state index contributed by atoms with van der Waals surface area (Å²) in [6.07, 6.45) is 0. The molecule has 1 amide bonds. The van der Waals surface area contributed by atoms with Crippen LogP contribution in [0.4, 0.5) is 5.69 Å². The molecule has 0 saturated heterocycles. The Kier molecular flexibility index (Phi) is 6.23. The molecule has 1 heterocycles. The predicted octanol–water partition coefficient (Wildman–Crippen LogP) is 5.87. The number of amides is 1. The highest BCUT2D eigenvalue weighted by atomic mass is 35.5. The van der Waals surface area contributed by atoms with E-state index in [-0.39, 0.29) is 18.0 Å². The van der Waals surface area contributed by atoms with Crippen LogP contribution in [-0.4, -0.2) is 31.2 Å². The first-order valence-corrected chi connectivity index (χ1v) is 11.2. The largest absolute Gasteiger partial charge is 0.497 e. The van der Waals surface area contributed by atoms with Gasteiger partial charge in [-0.1, -0.05) is 23.2 Å². The number of halogens is 2. The number of fused-ring (bicyclic) bond motifs is 1. The Bertz CT molecular complexity index is 1320. The zero-order chi connectivity index (χ0) is 24.8. The number of rotatable bonds is 6. The summed E-state index contributed by atoms with van der Waals surface area (Å²) in [6.45, 7) is 3.66. The van der Waals surface area contributed by atoms with Gasteiger partial charge in [0.05, 0.1) is 26.3 Å². The first-order valence-electron chi connectivity index (χ1n) is 10.5. The summed E-state index contributed by atoms with van der Waals surface area (Å²) in [5.41, 5.74) is 1.84. The average molecular weight is 500 g/mol. The maximum absolute atomic E-state index is 14.1. The van der Waals surface area contributed by atoms with Crippen LogP contribution in [0.1, 0.15) is 39.5 Å². The Balaban J connectivity index is 1.91. The third kappa shape index (κ3) is 3.67. The summed E-state index contributed by atoms with van der Waals surface area (Å²) < 4.78 is 10.8. The summed E-state index contributed by atoms with van der Waals surface area (Å²) in [6, 6.07) is 13.6. The Morgan fingerprint density at radius 1 is 1.06 bits per heavy atom. The van der Waals surface area contributed by atoms with Crippen molar-refractivity contribution >= 4 is 40.8 Å². The average Bonchev–Trinajstić information content (AvgIpc) is 3.01. The highest BCUT2D eigenvalue weighted by molar-refractivity contribution is 6.33. The van der Waals surface area contributed by atoms with Gasteiger partial charge in [-0.15, -0.1) is 0 Å². The first kappa shape index (κ1) is 23.9. The van der Waals surface area contributed by atoms with Crippen LogP contribution in [0.5, 0.6) is 11.5 Å². The van der Waals surface area contributed by atoms with E-state index in [2.05, 4.69) is 0 Å². The first-order chi connectivity index (χ1) is 16.1. The van der Waals surface area contributed by atoms with Gasteiger partial charge in [0.2, 0.25) is 5.91 Å². The molecular formula is C26H23Cl2NO5. The van der Waals surface area contributed by atoms with Crippen LogP contribution in [0.25, 0.3) is 0 Å². The predicted molar refractivity (Wildman–Crippen MR) is 132 cm³/mol. The maximum Gasteiger partial charge on any atom is 0.335 e. The number of aromatic carboxylic acids is 1. The Hall–Kier alpha value is -3.22. The summed E-state index contributed by atoms with van der Waals surface area (Å²) in [5.74, 6) is -0.109. The number of hydrogen-bond donors (Lipinski definition) is 1. The molecule has 0 radical (unpaired) electrons. The second-order valence-corrected chi connectivity index (χ2v) is 9.10. The molecule has 3 aromatic carbocycles. The van der Waals surface area contributed by atoms with Crippen LogP contribution in [0.2, 0.25) is 10.0 Å². The normalized spacial score (nSPS) is 17.0. The summed E-state index contributed by atoms with van der Waals surface area (Å²) in [7, 11) is 3.13. The zero-order valence-electron chi connectivity index (χ0n) is 19.1. The number of carbonyl (C=O) groups excluding carboxylic acids is 1. The Morgan fingerprint density at radius 2 is 1.79 bits per heavy atom. The van der Waals surface area contributed by atoms with Crippen molar-refractivity contribution in [2.45, 2.75) is 25.8 Å². The molecule has 0 spiro atoms. The van der Waals surface area contributed by atoms with Gasteiger partial charge in [0.15, 0.2) is 0 Å². The van der Waals surface area contributed by atoms with Crippen molar-refractivity contribution in [1.82, 2.24) is 0 Å². The lowest BCUT2D eigenvalue weighted by Gasteiger charge is -2.28. The topological polar surface area (TPSA) is 76.1 Å². The third-order valence-corrected chi connectivity index (χ3v) is 6.98. The minimum Gasteiger partial charge on any atom is -0.497 e. The monoisotopic (exact) mass is 499 g/mol. The van der Waals surface area contributed by atoms with E-state index in [1.54, 1.807) is 63.3 Å². The number of hydrogen-bond acceptors (Lipinski definition) is 4. The van der Waals surface area contributed by atoms with E-state index in [0.717, 1.165) is 5.56 Å². The third-order valence-electron chi connectivity index (χ3n) is 6.43. The van der Waals surface area contributed by atoms with E-state index >= 15 is 0 Å². The SMILES string of the molecule is COc1ccc(CN2C(=O)[C@@](C)(c3c(Cl)ccc(C(=O)O)c3C)c3cc(Cl)ccc32)c(OC)c1. The van der Waals surface area contributed by atoms with E-state index in [1.807, 2.05) is 6.07 Å². The van der Waals surface area contributed by atoms with E-state index < -0.39 is 11.4 Å². The quantitative estimate of drug-likeness (QED) is 0.458. The molecule has 3 aromatic rings. The van der Waals surface area contributed by atoms with Crippen LogP contribution in [-0.2, 0) is 16.8 Å². The van der Waals surface area contributed by atoms with E-state index in [0.29, 0.717) is 43.9 Å². The zero-order valence-corrected chi connectivity index (χ0v) is 20.6. The van der Waals surface area contributed by atoms with Gasteiger partial charge in [-0.05, 0) is 73.0 Å². The molecule has 0 aromatic heterocycles. The number of ether oxygens (including phenoxy) is 2. The molecular weight excluding hydrogens is 477 g/mol. The molecule has 0 aliphatic carbocycles.